The lowest BCUT2D eigenvalue weighted by molar-refractivity contribution is -0.128. The van der Waals surface area contributed by atoms with Crippen molar-refractivity contribution in [2.75, 3.05) is 19.5 Å². The molecule has 1 amide bonds. The topological polar surface area (TPSA) is 38.8 Å². The van der Waals surface area contributed by atoms with Crippen LogP contribution in [0.5, 0.6) is 11.5 Å². The van der Waals surface area contributed by atoms with Crippen molar-refractivity contribution in [3.63, 3.8) is 0 Å². The van der Waals surface area contributed by atoms with Crippen LogP contribution in [0.2, 0.25) is 0 Å². The molecule has 0 bridgehead atoms. The van der Waals surface area contributed by atoms with E-state index in [1.54, 1.807) is 18.9 Å². The first-order chi connectivity index (χ1) is 11.7. The van der Waals surface area contributed by atoms with E-state index in [1.807, 2.05) is 60.4 Å². The third kappa shape index (κ3) is 3.51. The molecule has 0 saturated carbocycles. The van der Waals surface area contributed by atoms with E-state index in [4.69, 9.17) is 9.47 Å². The predicted molar refractivity (Wildman–Crippen MR) is 96.4 cm³/mol. The number of ether oxygens (including phenoxy) is 2. The molecule has 1 fully saturated rings. The molecule has 0 N–H and O–H groups in total. The van der Waals surface area contributed by atoms with Gasteiger partial charge in [-0.15, -0.1) is 11.8 Å². The van der Waals surface area contributed by atoms with Gasteiger partial charge < -0.3 is 14.4 Å². The Balaban J connectivity index is 1.85. The monoisotopic (exact) mass is 343 g/mol. The van der Waals surface area contributed by atoms with E-state index in [2.05, 4.69) is 0 Å². The largest absolute Gasteiger partial charge is 0.496 e. The Kier molecular flexibility index (Phi) is 5.30. The highest BCUT2D eigenvalue weighted by atomic mass is 32.2. The molecule has 1 unspecified atom stereocenters. The molecule has 0 spiro atoms. The van der Waals surface area contributed by atoms with Gasteiger partial charge in [0.1, 0.15) is 16.9 Å². The average Bonchev–Trinajstić information content (AvgIpc) is 2.97. The van der Waals surface area contributed by atoms with Crippen molar-refractivity contribution >= 4 is 17.7 Å². The van der Waals surface area contributed by atoms with Crippen molar-refractivity contribution in [2.24, 2.45) is 0 Å². The second kappa shape index (κ2) is 7.62. The number of hydrogen-bond donors (Lipinski definition) is 0. The van der Waals surface area contributed by atoms with E-state index < -0.39 is 0 Å². The molecule has 1 aliphatic rings. The molecule has 5 heteroatoms. The van der Waals surface area contributed by atoms with Crippen molar-refractivity contribution in [2.45, 2.75) is 18.8 Å². The van der Waals surface area contributed by atoms with Crippen molar-refractivity contribution < 1.29 is 14.3 Å². The Hall–Kier alpha value is -2.14. The summed E-state index contributed by atoms with van der Waals surface area (Å²) in [5.74, 6) is 2.30. The first kappa shape index (κ1) is 16.7. The minimum absolute atomic E-state index is 0.00261. The number of methoxy groups -OCH3 is 1. The van der Waals surface area contributed by atoms with Crippen LogP contribution in [-0.2, 0) is 11.3 Å². The lowest BCUT2D eigenvalue weighted by Gasteiger charge is -2.25. The molecule has 1 heterocycles. The van der Waals surface area contributed by atoms with Gasteiger partial charge in [-0.2, -0.15) is 0 Å². The molecular formula is C19H21NO3S. The number of carbonyl (C=O) groups is 1. The number of carbonyl (C=O) groups excluding carboxylic acids is 1. The van der Waals surface area contributed by atoms with Gasteiger partial charge in [-0.05, 0) is 30.7 Å². The quantitative estimate of drug-likeness (QED) is 0.798. The fourth-order valence-electron chi connectivity index (χ4n) is 2.84. The fourth-order valence-corrected chi connectivity index (χ4v) is 4.02. The summed E-state index contributed by atoms with van der Waals surface area (Å²) in [4.78, 5) is 14.3. The molecule has 4 nitrogen and oxygen atoms in total. The van der Waals surface area contributed by atoms with Crippen LogP contribution in [0, 0.1) is 0 Å². The summed E-state index contributed by atoms with van der Waals surface area (Å²) >= 11 is 1.65. The lowest BCUT2D eigenvalue weighted by Crippen LogP contribution is -2.27. The molecule has 2 aromatic rings. The minimum atomic E-state index is 0.00261. The van der Waals surface area contributed by atoms with E-state index >= 15 is 0 Å². The van der Waals surface area contributed by atoms with Crippen molar-refractivity contribution in [3.8, 4) is 11.5 Å². The van der Waals surface area contributed by atoms with Gasteiger partial charge in [0.05, 0.1) is 26.0 Å². The maximum Gasteiger partial charge on any atom is 0.234 e. The van der Waals surface area contributed by atoms with Crippen molar-refractivity contribution in [3.05, 3.63) is 59.7 Å². The number of rotatable bonds is 6. The second-order valence-corrected chi connectivity index (χ2v) is 6.57. The van der Waals surface area contributed by atoms with Crippen molar-refractivity contribution in [1.29, 1.82) is 0 Å². The van der Waals surface area contributed by atoms with Crippen LogP contribution in [-0.4, -0.2) is 30.3 Å². The van der Waals surface area contributed by atoms with Crippen LogP contribution >= 0.6 is 11.8 Å². The fraction of sp³-hybridized carbons (Fsp3) is 0.316. The smallest absolute Gasteiger partial charge is 0.234 e. The Labute approximate surface area is 146 Å². The molecular weight excluding hydrogens is 322 g/mol. The summed E-state index contributed by atoms with van der Waals surface area (Å²) in [5, 5.41) is 0.00261. The summed E-state index contributed by atoms with van der Waals surface area (Å²) in [7, 11) is 1.66. The average molecular weight is 343 g/mol. The first-order valence-corrected chi connectivity index (χ1v) is 9.03. The van der Waals surface area contributed by atoms with Gasteiger partial charge in [0.15, 0.2) is 0 Å². The highest BCUT2D eigenvalue weighted by Gasteiger charge is 2.33. The van der Waals surface area contributed by atoms with Crippen molar-refractivity contribution in [1.82, 2.24) is 4.90 Å². The normalized spacial score (nSPS) is 17.2. The Morgan fingerprint density at radius 2 is 2.04 bits per heavy atom. The van der Waals surface area contributed by atoms with Crippen LogP contribution in [0.15, 0.2) is 48.5 Å². The molecule has 3 rings (SSSR count). The van der Waals surface area contributed by atoms with E-state index in [-0.39, 0.29) is 11.3 Å². The molecule has 1 saturated heterocycles. The Morgan fingerprint density at radius 1 is 1.21 bits per heavy atom. The van der Waals surface area contributed by atoms with E-state index in [9.17, 15) is 4.79 Å². The number of nitrogens with zero attached hydrogens (tertiary/aromatic N) is 1. The maximum atomic E-state index is 12.4. The zero-order valence-electron chi connectivity index (χ0n) is 13.9. The number of amides is 1. The molecule has 1 aliphatic heterocycles. The summed E-state index contributed by atoms with van der Waals surface area (Å²) in [6.07, 6.45) is 0. The lowest BCUT2D eigenvalue weighted by atomic mass is 10.1. The molecule has 24 heavy (non-hydrogen) atoms. The van der Waals surface area contributed by atoms with E-state index in [1.165, 1.54) is 0 Å². The van der Waals surface area contributed by atoms with Crippen LogP contribution in [0.1, 0.15) is 23.4 Å². The summed E-state index contributed by atoms with van der Waals surface area (Å²) < 4.78 is 11.0. The highest BCUT2D eigenvalue weighted by molar-refractivity contribution is 8.00. The predicted octanol–water partition coefficient (Wildman–Crippen LogP) is 3.87. The maximum absolute atomic E-state index is 12.4. The summed E-state index contributed by atoms with van der Waals surface area (Å²) in [5.41, 5.74) is 2.11. The van der Waals surface area contributed by atoms with Gasteiger partial charge in [-0.1, -0.05) is 30.3 Å². The number of thioether (sulfide) groups is 1. The number of benzene rings is 2. The molecule has 0 aliphatic carbocycles. The van der Waals surface area contributed by atoms with Gasteiger partial charge in [-0.3, -0.25) is 4.79 Å². The molecule has 2 aromatic carbocycles. The SMILES string of the molecule is CCOc1cccc(C2SCC(=O)N2Cc2ccccc2OC)c1. The van der Waals surface area contributed by atoms with Crippen LogP contribution < -0.4 is 9.47 Å². The third-order valence-electron chi connectivity index (χ3n) is 3.96. The van der Waals surface area contributed by atoms with Gasteiger partial charge in [-0.25, -0.2) is 0 Å². The molecule has 0 radical (unpaired) electrons. The van der Waals surface area contributed by atoms with Gasteiger partial charge in [0, 0.05) is 5.56 Å². The van der Waals surface area contributed by atoms with E-state index in [0.717, 1.165) is 22.6 Å². The molecule has 126 valence electrons. The zero-order chi connectivity index (χ0) is 16.9. The highest BCUT2D eigenvalue weighted by Crippen LogP contribution is 2.41. The third-order valence-corrected chi connectivity index (χ3v) is 5.21. The van der Waals surface area contributed by atoms with Crippen LogP contribution in [0.25, 0.3) is 0 Å². The van der Waals surface area contributed by atoms with Gasteiger partial charge >= 0.3 is 0 Å². The van der Waals surface area contributed by atoms with E-state index in [0.29, 0.717) is 18.9 Å². The Morgan fingerprint density at radius 3 is 2.83 bits per heavy atom. The molecule has 0 aromatic heterocycles. The standard InChI is InChI=1S/C19H21NO3S/c1-3-23-16-9-6-8-14(11-16)19-20(18(21)13-24-19)12-15-7-4-5-10-17(15)22-2/h4-11,19H,3,12-13H2,1-2H3. The first-order valence-electron chi connectivity index (χ1n) is 7.98. The second-order valence-electron chi connectivity index (χ2n) is 5.50. The van der Waals surface area contributed by atoms with Crippen LogP contribution in [0.3, 0.4) is 0 Å². The molecule has 1 atom stereocenters. The minimum Gasteiger partial charge on any atom is -0.496 e. The Bertz CT molecular complexity index is 719. The summed E-state index contributed by atoms with van der Waals surface area (Å²) in [6, 6.07) is 15.8. The zero-order valence-corrected chi connectivity index (χ0v) is 14.7. The van der Waals surface area contributed by atoms with Gasteiger partial charge in [0.2, 0.25) is 5.91 Å². The van der Waals surface area contributed by atoms with Crippen LogP contribution in [0.4, 0.5) is 0 Å². The summed E-state index contributed by atoms with van der Waals surface area (Å²) in [6.45, 7) is 3.14. The van der Waals surface area contributed by atoms with Gasteiger partial charge in [0.25, 0.3) is 0 Å². The number of hydrogen-bond acceptors (Lipinski definition) is 4. The number of para-hydroxylation sites is 1.